The third-order valence-corrected chi connectivity index (χ3v) is 6.22. The summed E-state index contributed by atoms with van der Waals surface area (Å²) in [5.74, 6) is 1.09. The highest BCUT2D eigenvalue weighted by molar-refractivity contribution is 6.33. The van der Waals surface area contributed by atoms with E-state index in [9.17, 15) is 9.59 Å². The lowest BCUT2D eigenvalue weighted by molar-refractivity contribution is 0.201. The predicted octanol–water partition coefficient (Wildman–Crippen LogP) is 5.26. The van der Waals surface area contributed by atoms with E-state index in [4.69, 9.17) is 26.2 Å². The fourth-order valence-electron chi connectivity index (χ4n) is 4.05. The molecular formula is C27H29ClN4O5. The molecule has 1 aliphatic heterocycles. The number of anilines is 3. The van der Waals surface area contributed by atoms with Crippen LogP contribution in [0.5, 0.6) is 11.5 Å². The van der Waals surface area contributed by atoms with Crippen molar-refractivity contribution in [1.29, 1.82) is 0 Å². The number of amides is 4. The molecule has 0 saturated heterocycles. The van der Waals surface area contributed by atoms with E-state index >= 15 is 0 Å². The highest BCUT2D eigenvalue weighted by atomic mass is 35.5. The maximum atomic E-state index is 12.9. The van der Waals surface area contributed by atoms with Crippen molar-refractivity contribution in [3.63, 3.8) is 0 Å². The van der Waals surface area contributed by atoms with Gasteiger partial charge in [0.15, 0.2) is 0 Å². The Kier molecular flexibility index (Phi) is 8.37. The molecule has 37 heavy (non-hydrogen) atoms. The summed E-state index contributed by atoms with van der Waals surface area (Å²) in [6.07, 6.45) is 0.646. The third kappa shape index (κ3) is 6.63. The van der Waals surface area contributed by atoms with Gasteiger partial charge in [-0.05, 0) is 66.4 Å². The van der Waals surface area contributed by atoms with E-state index in [0.29, 0.717) is 53.1 Å². The Balaban J connectivity index is 1.35. The highest BCUT2D eigenvalue weighted by Gasteiger charge is 2.22. The van der Waals surface area contributed by atoms with Gasteiger partial charge >= 0.3 is 12.1 Å². The Bertz CT molecular complexity index is 1300. The molecule has 4 rings (SSSR count). The number of methoxy groups -OCH3 is 1. The summed E-state index contributed by atoms with van der Waals surface area (Å²) in [5.41, 5.74) is 4.81. The zero-order valence-corrected chi connectivity index (χ0v) is 21.4. The molecule has 3 aromatic carbocycles. The first-order valence-electron chi connectivity index (χ1n) is 11.8. The molecule has 4 amide bonds. The second-order valence-corrected chi connectivity index (χ2v) is 8.99. The van der Waals surface area contributed by atoms with Crippen LogP contribution in [0.3, 0.4) is 0 Å². The second-order valence-electron chi connectivity index (χ2n) is 8.58. The summed E-state index contributed by atoms with van der Waals surface area (Å²) in [6, 6.07) is 15.5. The maximum Gasteiger partial charge on any atom is 0.323 e. The summed E-state index contributed by atoms with van der Waals surface area (Å²) in [7, 11) is 1.56. The number of urea groups is 2. The van der Waals surface area contributed by atoms with Gasteiger partial charge in [0.2, 0.25) is 0 Å². The number of benzene rings is 3. The van der Waals surface area contributed by atoms with Gasteiger partial charge in [-0.25, -0.2) is 9.59 Å². The number of carbonyl (C=O) groups is 2. The lowest BCUT2D eigenvalue weighted by Gasteiger charge is -2.29. The van der Waals surface area contributed by atoms with E-state index in [2.05, 4.69) is 16.0 Å². The molecule has 0 spiro atoms. The molecule has 1 aliphatic rings. The van der Waals surface area contributed by atoms with Crippen LogP contribution in [0.1, 0.15) is 16.7 Å². The zero-order chi connectivity index (χ0) is 26.4. The molecule has 9 nitrogen and oxygen atoms in total. The van der Waals surface area contributed by atoms with Crippen LogP contribution >= 0.6 is 11.6 Å². The van der Waals surface area contributed by atoms with Gasteiger partial charge < -0.3 is 35.4 Å². The number of ether oxygens (including phenoxy) is 2. The fraction of sp³-hybridized carbons (Fsp3) is 0.259. The van der Waals surface area contributed by atoms with Gasteiger partial charge in [0.25, 0.3) is 0 Å². The molecule has 0 saturated carbocycles. The van der Waals surface area contributed by atoms with Crippen molar-refractivity contribution in [2.45, 2.75) is 19.9 Å². The maximum absolute atomic E-state index is 12.9. The number of rotatable bonds is 7. The predicted molar refractivity (Wildman–Crippen MR) is 144 cm³/mol. The van der Waals surface area contributed by atoms with Gasteiger partial charge in [0, 0.05) is 24.8 Å². The van der Waals surface area contributed by atoms with Crippen molar-refractivity contribution >= 4 is 40.7 Å². The molecule has 0 radical (unpaired) electrons. The highest BCUT2D eigenvalue weighted by Crippen LogP contribution is 2.29. The lowest BCUT2D eigenvalue weighted by Crippen LogP contribution is -2.39. The smallest absolute Gasteiger partial charge is 0.323 e. The average molecular weight is 525 g/mol. The minimum absolute atomic E-state index is 0.0973. The number of fused-ring (bicyclic) bond motifs is 1. The van der Waals surface area contributed by atoms with E-state index < -0.39 is 0 Å². The molecule has 10 heteroatoms. The molecule has 0 bridgehead atoms. The molecule has 0 unspecified atom stereocenters. The van der Waals surface area contributed by atoms with E-state index in [1.807, 2.05) is 43.3 Å². The van der Waals surface area contributed by atoms with Crippen LogP contribution in [0.2, 0.25) is 5.02 Å². The molecule has 0 aromatic heterocycles. The van der Waals surface area contributed by atoms with Crippen LogP contribution in [-0.4, -0.2) is 48.9 Å². The van der Waals surface area contributed by atoms with Gasteiger partial charge in [-0.15, -0.1) is 0 Å². The minimum Gasteiger partial charge on any atom is -0.495 e. The molecule has 3 aromatic rings. The van der Waals surface area contributed by atoms with Crippen LogP contribution in [0, 0.1) is 6.92 Å². The SMILES string of the molecule is COc1ccc(C)cc1NC(=O)Nc1ccc2c(c1)CCN(C(=O)Nc1ccc(OCCO)cc1Cl)C2. The van der Waals surface area contributed by atoms with Gasteiger partial charge in [-0.2, -0.15) is 0 Å². The van der Waals surface area contributed by atoms with Gasteiger partial charge in [0.05, 0.1) is 30.1 Å². The Hall–Kier alpha value is -3.95. The molecular weight excluding hydrogens is 496 g/mol. The monoisotopic (exact) mass is 524 g/mol. The molecule has 0 fully saturated rings. The van der Waals surface area contributed by atoms with E-state index in [1.165, 1.54) is 0 Å². The Morgan fingerprint density at radius 3 is 2.59 bits per heavy atom. The first-order valence-corrected chi connectivity index (χ1v) is 12.2. The normalized spacial score (nSPS) is 12.4. The Morgan fingerprint density at radius 2 is 1.84 bits per heavy atom. The molecule has 0 atom stereocenters. The Morgan fingerprint density at radius 1 is 1.00 bits per heavy atom. The molecule has 4 N–H and O–H groups in total. The largest absolute Gasteiger partial charge is 0.495 e. The number of nitrogens with one attached hydrogen (secondary N) is 3. The molecule has 1 heterocycles. The van der Waals surface area contributed by atoms with Gasteiger partial charge in [0.1, 0.15) is 18.1 Å². The van der Waals surface area contributed by atoms with Crippen LogP contribution in [0.4, 0.5) is 26.7 Å². The number of aryl methyl sites for hydroxylation is 1. The van der Waals surface area contributed by atoms with Crippen molar-refractivity contribution in [3.8, 4) is 11.5 Å². The number of halogens is 1. The summed E-state index contributed by atoms with van der Waals surface area (Å²) in [6.45, 7) is 2.96. The van der Waals surface area contributed by atoms with Gasteiger partial charge in [-0.3, -0.25) is 0 Å². The Labute approximate surface area is 220 Å². The van der Waals surface area contributed by atoms with E-state index in [0.717, 1.165) is 16.7 Å². The van der Waals surface area contributed by atoms with Gasteiger partial charge in [-0.1, -0.05) is 23.7 Å². The third-order valence-electron chi connectivity index (χ3n) is 5.91. The summed E-state index contributed by atoms with van der Waals surface area (Å²) in [5, 5.41) is 17.8. The first kappa shape index (κ1) is 26.1. The first-order chi connectivity index (χ1) is 17.9. The zero-order valence-electron chi connectivity index (χ0n) is 20.6. The van der Waals surface area contributed by atoms with Crippen molar-refractivity contribution in [1.82, 2.24) is 4.90 Å². The topological polar surface area (TPSA) is 112 Å². The number of hydrogen-bond donors (Lipinski definition) is 4. The average Bonchev–Trinajstić information content (AvgIpc) is 2.88. The van der Waals surface area contributed by atoms with Crippen LogP contribution in [0.15, 0.2) is 54.6 Å². The van der Waals surface area contributed by atoms with Crippen molar-refractivity contribution in [2.24, 2.45) is 0 Å². The molecule has 0 aliphatic carbocycles. The number of hydrogen-bond acceptors (Lipinski definition) is 5. The number of carbonyl (C=O) groups excluding carboxylic acids is 2. The van der Waals surface area contributed by atoms with Crippen LogP contribution < -0.4 is 25.4 Å². The summed E-state index contributed by atoms with van der Waals surface area (Å²) < 4.78 is 10.7. The van der Waals surface area contributed by atoms with Crippen molar-refractivity contribution in [2.75, 3.05) is 42.8 Å². The number of aliphatic hydroxyl groups is 1. The fourth-order valence-corrected chi connectivity index (χ4v) is 4.27. The standard InChI is InChI=1S/C27H29ClN4O5/c1-17-3-8-25(36-2)24(13-17)30-26(34)29-20-5-4-19-16-32(10-9-18(19)14-20)27(35)31-23-7-6-21(15-22(23)28)37-12-11-33/h3-8,13-15,33H,9-12,16H2,1-2H3,(H,31,35)(H2,29,30,34). The van der Waals surface area contributed by atoms with Crippen LogP contribution in [0.25, 0.3) is 0 Å². The second kappa shape index (κ2) is 11.9. The summed E-state index contributed by atoms with van der Waals surface area (Å²) in [4.78, 5) is 27.1. The molecule has 194 valence electrons. The van der Waals surface area contributed by atoms with Crippen molar-refractivity contribution < 1.29 is 24.2 Å². The quantitative estimate of drug-likeness (QED) is 0.337. The van der Waals surface area contributed by atoms with Crippen LogP contribution in [-0.2, 0) is 13.0 Å². The number of aliphatic hydroxyl groups excluding tert-OH is 1. The van der Waals surface area contributed by atoms with E-state index in [1.54, 1.807) is 30.2 Å². The minimum atomic E-state index is -0.370. The van der Waals surface area contributed by atoms with E-state index in [-0.39, 0.29) is 25.3 Å². The lowest BCUT2D eigenvalue weighted by atomic mass is 9.99. The van der Waals surface area contributed by atoms with Crippen molar-refractivity contribution in [3.05, 3.63) is 76.3 Å². The summed E-state index contributed by atoms with van der Waals surface area (Å²) >= 11 is 6.28. The number of nitrogens with zero attached hydrogens (tertiary/aromatic N) is 1.